The zero-order valence-electron chi connectivity index (χ0n) is 12.1. The molecule has 0 bridgehead atoms. The molecular formula is C15H25NO2. The quantitative estimate of drug-likeness (QED) is 0.804. The summed E-state index contributed by atoms with van der Waals surface area (Å²) in [5, 5.41) is 3.39. The number of rotatable bonds is 7. The van der Waals surface area contributed by atoms with Crippen LogP contribution in [0.4, 0.5) is 0 Å². The van der Waals surface area contributed by atoms with Crippen LogP contribution in [0.3, 0.4) is 0 Å². The molecule has 3 heteroatoms. The Morgan fingerprint density at radius 1 is 1.17 bits per heavy atom. The predicted molar refractivity (Wildman–Crippen MR) is 75.5 cm³/mol. The summed E-state index contributed by atoms with van der Waals surface area (Å²) in [5.74, 6) is 1.62. The average Bonchev–Trinajstić information content (AvgIpc) is 2.39. The highest BCUT2D eigenvalue weighted by atomic mass is 16.5. The summed E-state index contributed by atoms with van der Waals surface area (Å²) in [6.07, 6.45) is 1.19. The Balaban J connectivity index is 2.89. The summed E-state index contributed by atoms with van der Waals surface area (Å²) in [5.41, 5.74) is 1.21. The van der Waals surface area contributed by atoms with Gasteiger partial charge in [0.15, 0.2) is 11.5 Å². The Morgan fingerprint density at radius 2 is 1.89 bits per heavy atom. The third kappa shape index (κ3) is 3.91. The fourth-order valence-electron chi connectivity index (χ4n) is 1.77. The lowest BCUT2D eigenvalue weighted by Crippen LogP contribution is -2.18. The minimum absolute atomic E-state index is 0.205. The number of nitrogens with one attached hydrogen (secondary N) is 1. The Labute approximate surface area is 110 Å². The molecule has 2 atom stereocenters. The van der Waals surface area contributed by atoms with E-state index in [-0.39, 0.29) is 6.10 Å². The zero-order valence-corrected chi connectivity index (χ0v) is 12.1. The fourth-order valence-corrected chi connectivity index (χ4v) is 1.77. The van der Waals surface area contributed by atoms with Crippen molar-refractivity contribution in [3.63, 3.8) is 0 Å². The van der Waals surface area contributed by atoms with Crippen LogP contribution in [0.25, 0.3) is 0 Å². The molecule has 0 saturated heterocycles. The van der Waals surface area contributed by atoms with Crippen molar-refractivity contribution >= 4 is 0 Å². The van der Waals surface area contributed by atoms with Crippen molar-refractivity contribution in [1.82, 2.24) is 5.32 Å². The van der Waals surface area contributed by atoms with Gasteiger partial charge in [0, 0.05) is 6.04 Å². The van der Waals surface area contributed by atoms with E-state index in [0.29, 0.717) is 6.04 Å². The standard InChI is InChI=1S/C15H25NO2/c1-6-11(3)18-14-9-8-13(10-15(14)17-5)12(4)16-7-2/h8-12,16H,6-7H2,1-5H3. The van der Waals surface area contributed by atoms with Gasteiger partial charge in [0.05, 0.1) is 13.2 Å². The molecule has 1 rings (SSSR count). The first kappa shape index (κ1) is 14.8. The summed E-state index contributed by atoms with van der Waals surface area (Å²) < 4.78 is 11.2. The highest BCUT2D eigenvalue weighted by Crippen LogP contribution is 2.31. The second-order valence-corrected chi connectivity index (χ2v) is 4.53. The molecular weight excluding hydrogens is 226 g/mol. The lowest BCUT2D eigenvalue weighted by atomic mass is 10.1. The van der Waals surface area contributed by atoms with E-state index in [1.165, 1.54) is 5.56 Å². The number of benzene rings is 1. The Hall–Kier alpha value is -1.22. The van der Waals surface area contributed by atoms with Crippen molar-refractivity contribution in [2.75, 3.05) is 13.7 Å². The SMILES string of the molecule is CCNC(C)c1ccc(OC(C)CC)c(OC)c1. The van der Waals surface area contributed by atoms with E-state index in [1.54, 1.807) is 7.11 Å². The van der Waals surface area contributed by atoms with Crippen LogP contribution in [0.15, 0.2) is 18.2 Å². The lowest BCUT2D eigenvalue weighted by molar-refractivity contribution is 0.207. The van der Waals surface area contributed by atoms with Crippen LogP contribution in [-0.4, -0.2) is 19.8 Å². The van der Waals surface area contributed by atoms with Crippen LogP contribution in [0.2, 0.25) is 0 Å². The van der Waals surface area contributed by atoms with Gasteiger partial charge in [-0.3, -0.25) is 0 Å². The van der Waals surface area contributed by atoms with Crippen molar-refractivity contribution in [3.8, 4) is 11.5 Å². The van der Waals surface area contributed by atoms with Gasteiger partial charge < -0.3 is 14.8 Å². The van der Waals surface area contributed by atoms with E-state index in [1.807, 2.05) is 12.1 Å². The molecule has 3 nitrogen and oxygen atoms in total. The molecule has 0 amide bonds. The fraction of sp³-hybridized carbons (Fsp3) is 0.600. The maximum atomic E-state index is 5.83. The highest BCUT2D eigenvalue weighted by molar-refractivity contribution is 5.43. The maximum Gasteiger partial charge on any atom is 0.161 e. The van der Waals surface area contributed by atoms with E-state index in [4.69, 9.17) is 9.47 Å². The van der Waals surface area contributed by atoms with Gasteiger partial charge in [-0.05, 0) is 44.5 Å². The molecule has 1 aromatic carbocycles. The van der Waals surface area contributed by atoms with Crippen LogP contribution in [-0.2, 0) is 0 Å². The van der Waals surface area contributed by atoms with Crippen molar-refractivity contribution in [2.24, 2.45) is 0 Å². The van der Waals surface area contributed by atoms with Crippen LogP contribution in [0, 0.1) is 0 Å². The molecule has 2 unspecified atom stereocenters. The van der Waals surface area contributed by atoms with Gasteiger partial charge in [-0.1, -0.05) is 19.9 Å². The molecule has 18 heavy (non-hydrogen) atoms. The smallest absolute Gasteiger partial charge is 0.161 e. The van der Waals surface area contributed by atoms with Gasteiger partial charge >= 0.3 is 0 Å². The van der Waals surface area contributed by atoms with E-state index >= 15 is 0 Å². The van der Waals surface area contributed by atoms with E-state index in [2.05, 4.69) is 39.1 Å². The summed E-state index contributed by atoms with van der Waals surface area (Å²) in [6.45, 7) is 9.38. The molecule has 0 aliphatic carbocycles. The van der Waals surface area contributed by atoms with Crippen molar-refractivity contribution < 1.29 is 9.47 Å². The maximum absolute atomic E-state index is 5.83. The summed E-state index contributed by atoms with van der Waals surface area (Å²) in [6, 6.07) is 6.45. The first-order chi connectivity index (χ1) is 8.62. The largest absolute Gasteiger partial charge is 0.493 e. The van der Waals surface area contributed by atoms with Gasteiger partial charge in [0.1, 0.15) is 0 Å². The predicted octanol–water partition coefficient (Wildman–Crippen LogP) is 3.54. The van der Waals surface area contributed by atoms with E-state index < -0.39 is 0 Å². The summed E-state index contributed by atoms with van der Waals surface area (Å²) in [7, 11) is 1.68. The van der Waals surface area contributed by atoms with Crippen molar-refractivity contribution in [3.05, 3.63) is 23.8 Å². The number of methoxy groups -OCH3 is 1. The molecule has 0 saturated carbocycles. The van der Waals surface area contributed by atoms with Crippen LogP contribution < -0.4 is 14.8 Å². The van der Waals surface area contributed by atoms with Crippen LogP contribution in [0.1, 0.15) is 45.7 Å². The minimum atomic E-state index is 0.205. The molecule has 0 aliphatic heterocycles. The number of ether oxygens (including phenoxy) is 2. The van der Waals surface area contributed by atoms with Crippen molar-refractivity contribution in [1.29, 1.82) is 0 Å². The first-order valence-electron chi connectivity index (χ1n) is 6.70. The van der Waals surface area contributed by atoms with Gasteiger partial charge in [0.25, 0.3) is 0 Å². The lowest BCUT2D eigenvalue weighted by Gasteiger charge is -2.18. The average molecular weight is 251 g/mol. The summed E-state index contributed by atoms with van der Waals surface area (Å²) >= 11 is 0. The Morgan fingerprint density at radius 3 is 2.44 bits per heavy atom. The van der Waals surface area contributed by atoms with Crippen molar-refractivity contribution in [2.45, 2.75) is 46.3 Å². The molecule has 0 spiro atoms. The third-order valence-electron chi connectivity index (χ3n) is 3.10. The molecule has 0 radical (unpaired) electrons. The van der Waals surface area contributed by atoms with E-state index in [0.717, 1.165) is 24.5 Å². The molecule has 0 aromatic heterocycles. The topological polar surface area (TPSA) is 30.5 Å². The van der Waals surface area contributed by atoms with Gasteiger partial charge in [-0.2, -0.15) is 0 Å². The molecule has 1 aromatic rings. The number of hydrogen-bond acceptors (Lipinski definition) is 3. The zero-order chi connectivity index (χ0) is 13.5. The van der Waals surface area contributed by atoms with Gasteiger partial charge in [-0.25, -0.2) is 0 Å². The molecule has 0 aliphatic rings. The number of hydrogen-bond donors (Lipinski definition) is 1. The van der Waals surface area contributed by atoms with Crippen LogP contribution in [0.5, 0.6) is 11.5 Å². The van der Waals surface area contributed by atoms with E-state index in [9.17, 15) is 0 Å². The van der Waals surface area contributed by atoms with Crippen LogP contribution >= 0.6 is 0 Å². The molecule has 102 valence electrons. The Bertz CT molecular complexity index is 366. The Kier molecular flexibility index (Phi) is 5.99. The normalized spacial score (nSPS) is 14.1. The van der Waals surface area contributed by atoms with Gasteiger partial charge in [-0.15, -0.1) is 0 Å². The summed E-state index contributed by atoms with van der Waals surface area (Å²) in [4.78, 5) is 0. The minimum Gasteiger partial charge on any atom is -0.493 e. The second kappa shape index (κ2) is 7.27. The monoisotopic (exact) mass is 251 g/mol. The molecule has 1 N–H and O–H groups in total. The third-order valence-corrected chi connectivity index (χ3v) is 3.10. The first-order valence-corrected chi connectivity index (χ1v) is 6.70. The molecule has 0 heterocycles. The highest BCUT2D eigenvalue weighted by Gasteiger charge is 2.11. The second-order valence-electron chi connectivity index (χ2n) is 4.53. The van der Waals surface area contributed by atoms with Gasteiger partial charge in [0.2, 0.25) is 0 Å². The molecule has 0 fully saturated rings.